The summed E-state index contributed by atoms with van der Waals surface area (Å²) >= 11 is 0. The van der Waals surface area contributed by atoms with Gasteiger partial charge in [0.25, 0.3) is 0 Å². The normalized spacial score (nSPS) is 14.6. The Bertz CT molecular complexity index is 635. The van der Waals surface area contributed by atoms with Crippen LogP contribution in [0.1, 0.15) is 43.0 Å². The Morgan fingerprint density at radius 1 is 1.27 bits per heavy atom. The molecule has 116 valence electrons. The second-order valence-electron chi connectivity index (χ2n) is 6.00. The van der Waals surface area contributed by atoms with Crippen molar-refractivity contribution in [3.8, 4) is 11.3 Å². The Balaban J connectivity index is 1.96. The molecule has 4 nitrogen and oxygen atoms in total. The Morgan fingerprint density at radius 3 is 2.77 bits per heavy atom. The van der Waals surface area contributed by atoms with E-state index in [0.717, 1.165) is 30.2 Å². The number of aromatic nitrogens is 2. The summed E-state index contributed by atoms with van der Waals surface area (Å²) in [7, 11) is 0. The van der Waals surface area contributed by atoms with Crippen LogP contribution in [-0.4, -0.2) is 23.1 Å². The number of aryl methyl sites for hydroxylation is 1. The highest BCUT2D eigenvalue weighted by molar-refractivity contribution is 5.75. The highest BCUT2D eigenvalue weighted by atomic mass is 15.0. The first-order valence-corrected chi connectivity index (χ1v) is 8.16. The largest absolute Gasteiger partial charge is 0.382 e. The van der Waals surface area contributed by atoms with Crippen LogP contribution < -0.4 is 11.1 Å². The number of hydrogen-bond donors (Lipinski definition) is 2. The molecule has 0 saturated heterocycles. The zero-order valence-electron chi connectivity index (χ0n) is 13.2. The summed E-state index contributed by atoms with van der Waals surface area (Å²) in [5, 5.41) is 3.44. The minimum Gasteiger partial charge on any atom is -0.382 e. The lowest BCUT2D eigenvalue weighted by Gasteiger charge is -2.24. The van der Waals surface area contributed by atoms with Crippen LogP contribution in [0.3, 0.4) is 0 Å². The van der Waals surface area contributed by atoms with Gasteiger partial charge in [0.15, 0.2) is 0 Å². The molecular weight excluding hydrogens is 272 g/mol. The quantitative estimate of drug-likeness (QED) is 0.801. The van der Waals surface area contributed by atoms with E-state index in [9.17, 15) is 0 Å². The van der Waals surface area contributed by atoms with E-state index in [0.29, 0.717) is 12.5 Å². The fraction of sp³-hybridized carbons (Fsp3) is 0.444. The molecule has 0 spiro atoms. The minimum atomic E-state index is 0.542. The molecule has 1 fully saturated rings. The number of nitrogens with one attached hydrogen (secondary N) is 1. The zero-order valence-corrected chi connectivity index (χ0v) is 13.2. The first-order valence-electron chi connectivity index (χ1n) is 8.16. The van der Waals surface area contributed by atoms with Gasteiger partial charge in [-0.15, -0.1) is 0 Å². The van der Waals surface area contributed by atoms with Crippen LogP contribution in [0.4, 0.5) is 5.69 Å². The molecule has 1 heterocycles. The molecule has 4 heteroatoms. The first kappa shape index (κ1) is 15.0. The number of rotatable bonds is 6. The van der Waals surface area contributed by atoms with Crippen LogP contribution in [0.15, 0.2) is 30.5 Å². The van der Waals surface area contributed by atoms with Crippen LogP contribution in [0.5, 0.6) is 0 Å². The smallest absolute Gasteiger partial charge is 0.132 e. The molecule has 1 aliphatic carbocycles. The molecule has 0 amide bonds. The summed E-state index contributed by atoms with van der Waals surface area (Å²) in [6.45, 7) is 3.67. The monoisotopic (exact) mass is 296 g/mol. The van der Waals surface area contributed by atoms with Crippen LogP contribution in [0.25, 0.3) is 11.3 Å². The van der Waals surface area contributed by atoms with E-state index < -0.39 is 0 Å². The predicted molar refractivity (Wildman–Crippen MR) is 91.0 cm³/mol. The van der Waals surface area contributed by atoms with Crippen molar-refractivity contribution in [1.29, 1.82) is 0 Å². The summed E-state index contributed by atoms with van der Waals surface area (Å²) in [5.74, 6) is 1.54. The van der Waals surface area contributed by atoms with Gasteiger partial charge in [0.2, 0.25) is 0 Å². The second kappa shape index (κ2) is 6.88. The summed E-state index contributed by atoms with van der Waals surface area (Å²) in [5.41, 5.74) is 10.0. The van der Waals surface area contributed by atoms with Crippen molar-refractivity contribution in [3.63, 3.8) is 0 Å². The van der Waals surface area contributed by atoms with Gasteiger partial charge in [-0.2, -0.15) is 0 Å². The Morgan fingerprint density at radius 2 is 2.09 bits per heavy atom. The lowest BCUT2D eigenvalue weighted by Crippen LogP contribution is -2.15. The molecule has 0 radical (unpaired) electrons. The van der Waals surface area contributed by atoms with E-state index >= 15 is 0 Å². The van der Waals surface area contributed by atoms with Crippen molar-refractivity contribution in [2.24, 2.45) is 5.73 Å². The van der Waals surface area contributed by atoms with E-state index in [1.165, 1.54) is 30.4 Å². The minimum absolute atomic E-state index is 0.542. The van der Waals surface area contributed by atoms with Crippen molar-refractivity contribution in [3.05, 3.63) is 41.9 Å². The highest BCUT2D eigenvalue weighted by Crippen LogP contribution is 2.36. The summed E-state index contributed by atoms with van der Waals surface area (Å²) in [4.78, 5) is 9.49. The lowest BCUT2D eigenvalue weighted by atomic mass is 9.84. The Kier molecular flexibility index (Phi) is 4.68. The molecule has 1 aliphatic rings. The molecule has 3 N–H and O–H groups in total. The number of nitrogens with zero attached hydrogens (tertiary/aromatic N) is 2. The molecular formula is C18H24N4. The fourth-order valence-electron chi connectivity index (χ4n) is 2.76. The summed E-state index contributed by atoms with van der Waals surface area (Å²) in [6, 6.07) is 8.39. The second-order valence-corrected chi connectivity index (χ2v) is 6.00. The molecule has 0 atom stereocenters. The molecule has 1 aromatic heterocycles. The van der Waals surface area contributed by atoms with Gasteiger partial charge in [0.05, 0.1) is 17.6 Å². The van der Waals surface area contributed by atoms with Gasteiger partial charge in [-0.05, 0) is 38.3 Å². The van der Waals surface area contributed by atoms with E-state index in [1.807, 2.05) is 6.20 Å². The zero-order chi connectivity index (χ0) is 15.4. The Labute approximate surface area is 132 Å². The topological polar surface area (TPSA) is 63.8 Å². The number of benzene rings is 1. The maximum atomic E-state index is 5.58. The highest BCUT2D eigenvalue weighted by Gasteiger charge is 2.23. The van der Waals surface area contributed by atoms with Gasteiger partial charge in [-0.1, -0.05) is 30.7 Å². The van der Waals surface area contributed by atoms with E-state index in [2.05, 4.69) is 41.5 Å². The van der Waals surface area contributed by atoms with E-state index in [-0.39, 0.29) is 0 Å². The van der Waals surface area contributed by atoms with Gasteiger partial charge in [0.1, 0.15) is 5.82 Å². The van der Waals surface area contributed by atoms with Gasteiger partial charge in [-0.3, -0.25) is 0 Å². The SMILES string of the molecule is Cc1ccccc1-c1nc(C2CCC2)ncc1NCCCN. The maximum absolute atomic E-state index is 5.58. The van der Waals surface area contributed by atoms with Crippen LogP contribution in [-0.2, 0) is 0 Å². The van der Waals surface area contributed by atoms with Crippen LogP contribution in [0.2, 0.25) is 0 Å². The molecule has 1 aromatic carbocycles. The lowest BCUT2D eigenvalue weighted by molar-refractivity contribution is 0.402. The molecule has 3 rings (SSSR count). The van der Waals surface area contributed by atoms with Crippen LogP contribution >= 0.6 is 0 Å². The van der Waals surface area contributed by atoms with Crippen molar-refractivity contribution in [2.75, 3.05) is 18.4 Å². The molecule has 1 saturated carbocycles. The van der Waals surface area contributed by atoms with Crippen molar-refractivity contribution in [2.45, 2.75) is 38.5 Å². The average Bonchev–Trinajstić information content (AvgIpc) is 2.47. The molecule has 0 unspecified atom stereocenters. The summed E-state index contributed by atoms with van der Waals surface area (Å²) in [6.07, 6.45) is 6.61. The maximum Gasteiger partial charge on any atom is 0.132 e. The van der Waals surface area contributed by atoms with Gasteiger partial charge in [-0.25, -0.2) is 9.97 Å². The van der Waals surface area contributed by atoms with Gasteiger partial charge in [0, 0.05) is 18.0 Å². The molecule has 22 heavy (non-hydrogen) atoms. The van der Waals surface area contributed by atoms with E-state index in [1.54, 1.807) is 0 Å². The Hall–Kier alpha value is -1.94. The number of hydrogen-bond acceptors (Lipinski definition) is 4. The predicted octanol–water partition coefficient (Wildman–Crippen LogP) is 3.48. The third-order valence-electron chi connectivity index (χ3n) is 4.37. The fourth-order valence-corrected chi connectivity index (χ4v) is 2.76. The average molecular weight is 296 g/mol. The van der Waals surface area contributed by atoms with Gasteiger partial charge < -0.3 is 11.1 Å². The third-order valence-corrected chi connectivity index (χ3v) is 4.37. The number of nitrogens with two attached hydrogens (primary N) is 1. The van der Waals surface area contributed by atoms with Crippen molar-refractivity contribution in [1.82, 2.24) is 9.97 Å². The van der Waals surface area contributed by atoms with Crippen LogP contribution in [0, 0.1) is 6.92 Å². The first-order chi connectivity index (χ1) is 10.8. The van der Waals surface area contributed by atoms with E-state index in [4.69, 9.17) is 10.7 Å². The third kappa shape index (κ3) is 3.12. The standard InChI is InChI=1S/C18H24N4/c1-13-6-2-3-9-15(13)17-16(20-11-5-10-19)12-21-18(22-17)14-7-4-8-14/h2-3,6,9,12,14,20H,4-5,7-8,10-11,19H2,1H3. The van der Waals surface area contributed by atoms with Crippen molar-refractivity contribution >= 4 is 5.69 Å². The van der Waals surface area contributed by atoms with Gasteiger partial charge >= 0.3 is 0 Å². The summed E-state index contributed by atoms with van der Waals surface area (Å²) < 4.78 is 0. The molecule has 0 aliphatic heterocycles. The molecule has 2 aromatic rings. The number of anilines is 1. The molecule has 0 bridgehead atoms. The van der Waals surface area contributed by atoms with Crippen molar-refractivity contribution < 1.29 is 0 Å².